The number of carbonyl (C=O) groups excluding carboxylic acids is 1. The van der Waals surface area contributed by atoms with Crippen LogP contribution in [0, 0.1) is 0 Å². The Kier molecular flexibility index (Phi) is 6.25. The van der Waals surface area contributed by atoms with Crippen molar-refractivity contribution in [2.45, 2.75) is 0 Å². The maximum Gasteiger partial charge on any atom is 0.344 e. The summed E-state index contributed by atoms with van der Waals surface area (Å²) in [5.74, 6) is -0.0199. The van der Waals surface area contributed by atoms with Gasteiger partial charge in [0.1, 0.15) is 12.4 Å². The van der Waals surface area contributed by atoms with Crippen LogP contribution in [0.2, 0.25) is 10.0 Å². The van der Waals surface area contributed by atoms with E-state index >= 15 is 0 Å². The van der Waals surface area contributed by atoms with E-state index in [1.165, 1.54) is 0 Å². The Balaban J connectivity index is 2.33. The molecule has 0 aromatic heterocycles. The van der Waals surface area contributed by atoms with E-state index in [0.717, 1.165) is 0 Å². The molecule has 6 heteroatoms. The minimum absolute atomic E-state index is 0.172. The SMILES string of the molecule is CN(C)CCOC(=O)COc1ccc(Cl)cc1Cl. The van der Waals surface area contributed by atoms with Crippen LogP contribution in [0.4, 0.5) is 0 Å². The van der Waals surface area contributed by atoms with Crippen LogP contribution in [0.25, 0.3) is 0 Å². The topological polar surface area (TPSA) is 38.8 Å². The lowest BCUT2D eigenvalue weighted by atomic mass is 10.3. The quantitative estimate of drug-likeness (QED) is 0.755. The van der Waals surface area contributed by atoms with Crippen LogP contribution in [0.15, 0.2) is 18.2 Å². The van der Waals surface area contributed by atoms with E-state index in [0.29, 0.717) is 28.9 Å². The lowest BCUT2D eigenvalue weighted by molar-refractivity contribution is -0.146. The number of nitrogens with zero attached hydrogens (tertiary/aromatic N) is 1. The minimum atomic E-state index is -0.428. The van der Waals surface area contributed by atoms with Crippen molar-refractivity contribution in [2.24, 2.45) is 0 Å². The Morgan fingerprint density at radius 1 is 1.33 bits per heavy atom. The van der Waals surface area contributed by atoms with Gasteiger partial charge in [-0.2, -0.15) is 0 Å². The summed E-state index contributed by atoms with van der Waals surface area (Å²) >= 11 is 11.6. The number of carbonyl (C=O) groups is 1. The van der Waals surface area contributed by atoms with Crippen LogP contribution < -0.4 is 4.74 Å². The van der Waals surface area contributed by atoms with E-state index in [9.17, 15) is 4.79 Å². The molecular formula is C12H15Cl2NO3. The summed E-state index contributed by atoms with van der Waals surface area (Å²) in [5, 5.41) is 0.879. The Labute approximate surface area is 116 Å². The van der Waals surface area contributed by atoms with Crippen LogP contribution in [0.1, 0.15) is 0 Å². The third-order valence-corrected chi connectivity index (χ3v) is 2.57. The third kappa shape index (κ3) is 5.58. The van der Waals surface area contributed by atoms with Crippen molar-refractivity contribution < 1.29 is 14.3 Å². The molecule has 0 saturated carbocycles. The highest BCUT2D eigenvalue weighted by molar-refractivity contribution is 6.35. The maximum absolute atomic E-state index is 11.3. The summed E-state index contributed by atoms with van der Waals surface area (Å²) in [7, 11) is 3.80. The van der Waals surface area contributed by atoms with Crippen molar-refractivity contribution in [3.63, 3.8) is 0 Å². The second kappa shape index (κ2) is 7.46. The van der Waals surface area contributed by atoms with Gasteiger partial charge in [-0.15, -0.1) is 0 Å². The van der Waals surface area contributed by atoms with E-state index in [1.807, 2.05) is 19.0 Å². The largest absolute Gasteiger partial charge is 0.480 e. The van der Waals surface area contributed by atoms with E-state index in [1.54, 1.807) is 18.2 Å². The van der Waals surface area contributed by atoms with Gasteiger partial charge in [-0.1, -0.05) is 23.2 Å². The summed E-state index contributed by atoms with van der Waals surface area (Å²) in [4.78, 5) is 13.3. The molecule has 0 bridgehead atoms. The molecule has 0 heterocycles. The zero-order chi connectivity index (χ0) is 13.5. The molecule has 0 amide bonds. The van der Waals surface area contributed by atoms with Crippen LogP contribution in [0.5, 0.6) is 5.75 Å². The summed E-state index contributed by atoms with van der Waals surface area (Å²) in [5.41, 5.74) is 0. The van der Waals surface area contributed by atoms with Crippen molar-refractivity contribution >= 4 is 29.2 Å². The Bertz CT molecular complexity index is 410. The Hall–Kier alpha value is -0.970. The number of esters is 1. The summed E-state index contributed by atoms with van der Waals surface area (Å²) in [6.07, 6.45) is 0. The van der Waals surface area contributed by atoms with E-state index in [2.05, 4.69) is 0 Å². The minimum Gasteiger partial charge on any atom is -0.480 e. The zero-order valence-electron chi connectivity index (χ0n) is 10.3. The van der Waals surface area contributed by atoms with Crippen molar-refractivity contribution in [1.29, 1.82) is 0 Å². The normalized spacial score (nSPS) is 10.5. The Morgan fingerprint density at radius 3 is 2.67 bits per heavy atom. The van der Waals surface area contributed by atoms with Gasteiger partial charge in [-0.25, -0.2) is 4.79 Å². The molecule has 0 N–H and O–H groups in total. The van der Waals surface area contributed by atoms with Gasteiger partial charge in [-0.3, -0.25) is 0 Å². The van der Waals surface area contributed by atoms with Crippen molar-refractivity contribution in [3.8, 4) is 5.75 Å². The lowest BCUT2D eigenvalue weighted by Gasteiger charge is -2.11. The third-order valence-electron chi connectivity index (χ3n) is 2.04. The van der Waals surface area contributed by atoms with Gasteiger partial charge in [0, 0.05) is 11.6 Å². The summed E-state index contributed by atoms with van der Waals surface area (Å²) < 4.78 is 10.2. The molecule has 1 aromatic rings. The van der Waals surface area contributed by atoms with Gasteiger partial charge in [0.2, 0.25) is 0 Å². The fourth-order valence-electron chi connectivity index (χ4n) is 1.11. The predicted molar refractivity (Wildman–Crippen MR) is 71.5 cm³/mol. The standard InChI is InChI=1S/C12H15Cl2NO3/c1-15(2)5-6-17-12(16)8-18-11-4-3-9(13)7-10(11)14/h3-4,7H,5-6,8H2,1-2H3. The molecule has 0 aliphatic rings. The monoisotopic (exact) mass is 291 g/mol. The Morgan fingerprint density at radius 2 is 2.06 bits per heavy atom. The molecule has 4 nitrogen and oxygen atoms in total. The van der Waals surface area contributed by atoms with Gasteiger partial charge in [-0.05, 0) is 32.3 Å². The molecule has 0 spiro atoms. The first-order valence-electron chi connectivity index (χ1n) is 5.37. The van der Waals surface area contributed by atoms with Gasteiger partial charge in [0.25, 0.3) is 0 Å². The van der Waals surface area contributed by atoms with Crippen LogP contribution in [0.3, 0.4) is 0 Å². The molecule has 0 atom stereocenters. The average molecular weight is 292 g/mol. The van der Waals surface area contributed by atoms with Crippen LogP contribution in [-0.2, 0) is 9.53 Å². The second-order valence-corrected chi connectivity index (χ2v) is 4.73. The maximum atomic E-state index is 11.3. The molecule has 0 aliphatic carbocycles. The number of halogens is 2. The summed E-state index contributed by atoms with van der Waals surface area (Å²) in [6.45, 7) is 0.839. The highest BCUT2D eigenvalue weighted by Gasteiger charge is 2.07. The summed E-state index contributed by atoms with van der Waals surface area (Å²) in [6, 6.07) is 4.80. The lowest BCUT2D eigenvalue weighted by Crippen LogP contribution is -2.22. The number of hydrogen-bond acceptors (Lipinski definition) is 4. The van der Waals surface area contributed by atoms with E-state index in [-0.39, 0.29) is 6.61 Å². The number of likely N-dealkylation sites (N-methyl/N-ethyl adjacent to an activating group) is 1. The molecule has 0 radical (unpaired) electrons. The smallest absolute Gasteiger partial charge is 0.344 e. The number of rotatable bonds is 6. The molecule has 1 aromatic carbocycles. The fourth-order valence-corrected chi connectivity index (χ4v) is 1.58. The van der Waals surface area contributed by atoms with Crippen molar-refractivity contribution in [3.05, 3.63) is 28.2 Å². The first-order chi connectivity index (χ1) is 8.49. The zero-order valence-corrected chi connectivity index (χ0v) is 11.8. The van der Waals surface area contributed by atoms with Crippen LogP contribution in [-0.4, -0.2) is 44.7 Å². The number of ether oxygens (including phenoxy) is 2. The second-order valence-electron chi connectivity index (χ2n) is 3.89. The van der Waals surface area contributed by atoms with Gasteiger partial charge in [0.05, 0.1) is 5.02 Å². The molecule has 0 unspecified atom stereocenters. The predicted octanol–water partition coefficient (Wildman–Crippen LogP) is 2.48. The fraction of sp³-hybridized carbons (Fsp3) is 0.417. The first-order valence-corrected chi connectivity index (χ1v) is 6.13. The van der Waals surface area contributed by atoms with Crippen molar-refractivity contribution in [1.82, 2.24) is 4.90 Å². The molecule has 0 fully saturated rings. The van der Waals surface area contributed by atoms with E-state index < -0.39 is 5.97 Å². The average Bonchev–Trinajstić information content (AvgIpc) is 2.27. The first kappa shape index (κ1) is 15.1. The van der Waals surface area contributed by atoms with E-state index in [4.69, 9.17) is 32.7 Å². The molecule has 18 heavy (non-hydrogen) atoms. The molecular weight excluding hydrogens is 277 g/mol. The number of hydrogen-bond donors (Lipinski definition) is 0. The highest BCUT2D eigenvalue weighted by atomic mass is 35.5. The van der Waals surface area contributed by atoms with Gasteiger partial charge >= 0.3 is 5.97 Å². The molecule has 100 valence electrons. The molecule has 0 aliphatic heterocycles. The van der Waals surface area contributed by atoms with Crippen molar-refractivity contribution in [2.75, 3.05) is 33.9 Å². The molecule has 0 saturated heterocycles. The van der Waals surface area contributed by atoms with Gasteiger partial charge < -0.3 is 14.4 Å². The molecule has 1 rings (SSSR count). The van der Waals surface area contributed by atoms with Gasteiger partial charge in [0.15, 0.2) is 6.61 Å². The highest BCUT2D eigenvalue weighted by Crippen LogP contribution is 2.27. The van der Waals surface area contributed by atoms with Crippen LogP contribution >= 0.6 is 23.2 Å². The number of benzene rings is 1.